The number of aromatic nitrogens is 1. The molecule has 0 aliphatic rings. The van der Waals surface area contributed by atoms with Crippen molar-refractivity contribution in [2.75, 3.05) is 0 Å². The van der Waals surface area contributed by atoms with E-state index >= 15 is 0 Å². The highest BCUT2D eigenvalue weighted by atomic mass is 19.3. The molecule has 0 bridgehead atoms. The summed E-state index contributed by atoms with van der Waals surface area (Å²) >= 11 is 0. The Morgan fingerprint density at radius 1 is 1.57 bits per heavy atom. The summed E-state index contributed by atoms with van der Waals surface area (Å²) in [7, 11) is 0. The van der Waals surface area contributed by atoms with E-state index in [2.05, 4.69) is 4.98 Å². The molecule has 6 heteroatoms. The molecule has 0 radical (unpaired) electrons. The van der Waals surface area contributed by atoms with Gasteiger partial charge in [0, 0.05) is 0 Å². The largest absolute Gasteiger partial charge is 0.505 e. The van der Waals surface area contributed by atoms with Crippen LogP contribution in [0.2, 0.25) is 0 Å². The molecule has 0 aliphatic carbocycles. The quantitative estimate of drug-likeness (QED) is 0.767. The third-order valence-electron chi connectivity index (χ3n) is 1.76. The SMILES string of the molecule is Cc1c(C(F)F)ncc(O)c1C(=O)O. The summed E-state index contributed by atoms with van der Waals surface area (Å²) in [5.41, 5.74) is -1.37. The van der Waals surface area contributed by atoms with Gasteiger partial charge in [0.15, 0.2) is 0 Å². The van der Waals surface area contributed by atoms with E-state index in [1.807, 2.05) is 0 Å². The Kier molecular flexibility index (Phi) is 2.64. The number of pyridine rings is 1. The minimum absolute atomic E-state index is 0.215. The van der Waals surface area contributed by atoms with Crippen molar-refractivity contribution in [2.45, 2.75) is 13.3 Å². The minimum Gasteiger partial charge on any atom is -0.505 e. The molecular formula is C8H7F2NO3. The number of hydrogen-bond donors (Lipinski definition) is 2. The Balaban J connectivity index is 3.41. The Morgan fingerprint density at radius 3 is 2.57 bits per heavy atom. The molecule has 0 fully saturated rings. The molecule has 14 heavy (non-hydrogen) atoms. The lowest BCUT2D eigenvalue weighted by molar-refractivity contribution is 0.0692. The average Bonchev–Trinajstić information content (AvgIpc) is 2.02. The van der Waals surface area contributed by atoms with Crippen molar-refractivity contribution in [2.24, 2.45) is 0 Å². The second kappa shape index (κ2) is 3.57. The van der Waals surface area contributed by atoms with Gasteiger partial charge in [-0.15, -0.1) is 0 Å². The van der Waals surface area contributed by atoms with E-state index in [1.165, 1.54) is 6.92 Å². The number of hydrogen-bond acceptors (Lipinski definition) is 3. The lowest BCUT2D eigenvalue weighted by Gasteiger charge is -2.07. The number of aromatic carboxylic acids is 1. The molecule has 0 amide bonds. The number of rotatable bonds is 2. The Labute approximate surface area is 77.8 Å². The van der Waals surface area contributed by atoms with Gasteiger partial charge in [0.05, 0.1) is 6.20 Å². The van der Waals surface area contributed by atoms with Gasteiger partial charge in [-0.3, -0.25) is 4.98 Å². The van der Waals surface area contributed by atoms with Gasteiger partial charge in [0.2, 0.25) is 0 Å². The zero-order valence-corrected chi connectivity index (χ0v) is 7.16. The number of alkyl halides is 2. The summed E-state index contributed by atoms with van der Waals surface area (Å²) in [5, 5.41) is 17.7. The van der Waals surface area contributed by atoms with Gasteiger partial charge in [-0.2, -0.15) is 0 Å². The van der Waals surface area contributed by atoms with E-state index < -0.39 is 29.4 Å². The molecule has 4 nitrogen and oxygen atoms in total. The number of aromatic hydroxyl groups is 1. The van der Waals surface area contributed by atoms with Crippen molar-refractivity contribution in [1.29, 1.82) is 0 Å². The molecule has 1 heterocycles. The number of carbonyl (C=O) groups is 1. The Hall–Kier alpha value is -1.72. The summed E-state index contributed by atoms with van der Waals surface area (Å²) in [6.45, 7) is 1.18. The zero-order chi connectivity index (χ0) is 10.9. The van der Waals surface area contributed by atoms with Crippen LogP contribution in [0.1, 0.15) is 28.0 Å². The molecule has 76 valence electrons. The summed E-state index contributed by atoms with van der Waals surface area (Å²) < 4.78 is 24.5. The van der Waals surface area contributed by atoms with Crippen molar-refractivity contribution >= 4 is 5.97 Å². The number of halogens is 2. The normalized spacial score (nSPS) is 10.6. The molecule has 1 aromatic rings. The van der Waals surface area contributed by atoms with Crippen LogP contribution in [-0.4, -0.2) is 21.2 Å². The molecule has 0 aliphatic heterocycles. The van der Waals surface area contributed by atoms with Gasteiger partial charge in [-0.1, -0.05) is 0 Å². The lowest BCUT2D eigenvalue weighted by Crippen LogP contribution is -2.05. The van der Waals surface area contributed by atoms with E-state index in [4.69, 9.17) is 10.2 Å². The van der Waals surface area contributed by atoms with E-state index in [-0.39, 0.29) is 5.56 Å². The maximum absolute atomic E-state index is 12.3. The van der Waals surface area contributed by atoms with Crippen molar-refractivity contribution < 1.29 is 23.8 Å². The molecule has 2 N–H and O–H groups in total. The van der Waals surface area contributed by atoms with Gasteiger partial charge in [-0.25, -0.2) is 13.6 Å². The third kappa shape index (κ3) is 1.63. The maximum Gasteiger partial charge on any atom is 0.339 e. The molecular weight excluding hydrogens is 196 g/mol. The molecule has 0 atom stereocenters. The number of carboxylic acid groups (broad SMARTS) is 1. The predicted molar refractivity (Wildman–Crippen MR) is 42.6 cm³/mol. The minimum atomic E-state index is -2.85. The molecule has 0 saturated carbocycles. The first-order valence-electron chi connectivity index (χ1n) is 3.65. The highest BCUT2D eigenvalue weighted by Crippen LogP contribution is 2.27. The van der Waals surface area contributed by atoms with Gasteiger partial charge in [0.25, 0.3) is 6.43 Å². The topological polar surface area (TPSA) is 70.4 Å². The number of nitrogens with zero attached hydrogens (tertiary/aromatic N) is 1. The Bertz CT molecular complexity index is 379. The maximum atomic E-state index is 12.3. The van der Waals surface area contributed by atoms with Crippen molar-refractivity contribution in [1.82, 2.24) is 4.98 Å². The molecule has 0 aromatic carbocycles. The third-order valence-corrected chi connectivity index (χ3v) is 1.76. The summed E-state index contributed by atoms with van der Waals surface area (Å²) in [6.07, 6.45) is -2.15. The fourth-order valence-electron chi connectivity index (χ4n) is 1.10. The van der Waals surface area contributed by atoms with E-state index in [0.717, 1.165) is 0 Å². The first-order valence-corrected chi connectivity index (χ1v) is 3.65. The van der Waals surface area contributed by atoms with Crippen LogP contribution >= 0.6 is 0 Å². The van der Waals surface area contributed by atoms with Crippen LogP contribution < -0.4 is 0 Å². The smallest absolute Gasteiger partial charge is 0.339 e. The molecule has 1 aromatic heterocycles. The fourth-order valence-corrected chi connectivity index (χ4v) is 1.10. The van der Waals surface area contributed by atoms with Crippen LogP contribution in [0.5, 0.6) is 5.75 Å². The summed E-state index contributed by atoms with van der Waals surface area (Å²) in [5.74, 6) is -2.07. The van der Waals surface area contributed by atoms with Crippen LogP contribution in [0.15, 0.2) is 6.20 Å². The predicted octanol–water partition coefficient (Wildman–Crippen LogP) is 1.73. The first-order chi connectivity index (χ1) is 6.45. The van der Waals surface area contributed by atoms with Crippen LogP contribution in [0.25, 0.3) is 0 Å². The summed E-state index contributed by atoms with van der Waals surface area (Å²) in [6, 6.07) is 0. The average molecular weight is 203 g/mol. The molecule has 0 unspecified atom stereocenters. The van der Waals surface area contributed by atoms with E-state index in [9.17, 15) is 13.6 Å². The van der Waals surface area contributed by atoms with Gasteiger partial charge >= 0.3 is 5.97 Å². The fraction of sp³-hybridized carbons (Fsp3) is 0.250. The zero-order valence-electron chi connectivity index (χ0n) is 7.16. The highest BCUT2D eigenvalue weighted by Gasteiger charge is 2.21. The highest BCUT2D eigenvalue weighted by molar-refractivity contribution is 5.92. The molecule has 0 spiro atoms. The monoisotopic (exact) mass is 203 g/mol. The van der Waals surface area contributed by atoms with E-state index in [0.29, 0.717) is 6.20 Å². The van der Waals surface area contributed by atoms with Crippen molar-refractivity contribution in [3.8, 4) is 5.75 Å². The van der Waals surface area contributed by atoms with Crippen LogP contribution in [0.4, 0.5) is 8.78 Å². The summed E-state index contributed by atoms with van der Waals surface area (Å²) in [4.78, 5) is 13.8. The molecule has 1 rings (SSSR count). The van der Waals surface area contributed by atoms with Crippen molar-refractivity contribution in [3.63, 3.8) is 0 Å². The van der Waals surface area contributed by atoms with Crippen molar-refractivity contribution in [3.05, 3.63) is 23.0 Å². The van der Waals surface area contributed by atoms with E-state index in [1.54, 1.807) is 0 Å². The van der Waals surface area contributed by atoms with Crippen LogP contribution in [0, 0.1) is 6.92 Å². The standard InChI is InChI=1S/C8H7F2NO3/c1-3-5(8(13)14)4(12)2-11-6(3)7(9)10/h2,7,12H,1H3,(H,13,14). The first kappa shape index (κ1) is 10.4. The second-order valence-electron chi connectivity index (χ2n) is 2.63. The van der Waals surface area contributed by atoms with Crippen LogP contribution in [0.3, 0.4) is 0 Å². The van der Waals surface area contributed by atoms with Gasteiger partial charge in [0.1, 0.15) is 17.0 Å². The van der Waals surface area contributed by atoms with Gasteiger partial charge in [-0.05, 0) is 12.5 Å². The second-order valence-corrected chi connectivity index (χ2v) is 2.63. The van der Waals surface area contributed by atoms with Crippen LogP contribution in [-0.2, 0) is 0 Å². The molecule has 0 saturated heterocycles. The Morgan fingerprint density at radius 2 is 2.14 bits per heavy atom. The van der Waals surface area contributed by atoms with Gasteiger partial charge < -0.3 is 10.2 Å². The lowest BCUT2D eigenvalue weighted by atomic mass is 10.1. The number of carboxylic acids is 1.